The Bertz CT molecular complexity index is 450. The molecule has 0 aromatic rings. The van der Waals surface area contributed by atoms with Gasteiger partial charge in [-0.1, -0.05) is 38.5 Å². The average Bonchev–Trinajstić information content (AvgIpc) is 2.68. The Kier molecular flexibility index (Phi) is 12.4. The van der Waals surface area contributed by atoms with Gasteiger partial charge in [0.15, 0.2) is 0 Å². The molecule has 0 radical (unpaired) electrons. The summed E-state index contributed by atoms with van der Waals surface area (Å²) in [5, 5.41) is 11.6. The highest BCUT2D eigenvalue weighted by Crippen LogP contribution is 2.41. The molecule has 0 aromatic carbocycles. The van der Waals surface area contributed by atoms with Crippen LogP contribution >= 0.6 is 0 Å². The molecule has 1 aliphatic rings. The largest absolute Gasteiger partial charge is 0.466 e. The summed E-state index contributed by atoms with van der Waals surface area (Å²) in [6.45, 7) is 4.71. The lowest BCUT2D eigenvalue weighted by molar-refractivity contribution is -0.166. The minimum atomic E-state index is -1.08. The highest BCUT2D eigenvalue weighted by Gasteiger charge is 2.47. The Morgan fingerprint density at radius 2 is 1.68 bits per heavy atom. The first-order chi connectivity index (χ1) is 13.5. The first kappa shape index (κ1) is 24.9. The zero-order valence-electron chi connectivity index (χ0n) is 17.9. The summed E-state index contributed by atoms with van der Waals surface area (Å²) in [6, 6.07) is 0. The number of aliphatic hydroxyl groups is 1. The SMILES string of the molecule is CCOC(=O)CCCCCCC(C(=O)OCC)C(O)(CCN)C1CCCCC1. The molecule has 0 spiro atoms. The molecule has 2 atom stereocenters. The molecule has 6 nitrogen and oxygen atoms in total. The lowest BCUT2D eigenvalue weighted by atomic mass is 9.67. The molecule has 3 N–H and O–H groups in total. The zero-order chi connectivity index (χ0) is 20.8. The van der Waals surface area contributed by atoms with Crippen molar-refractivity contribution in [2.45, 2.75) is 96.5 Å². The summed E-state index contributed by atoms with van der Waals surface area (Å²) in [7, 11) is 0. The predicted octanol–water partition coefficient (Wildman–Crippen LogP) is 3.73. The molecule has 0 saturated heterocycles. The molecule has 1 aliphatic carbocycles. The van der Waals surface area contributed by atoms with Gasteiger partial charge in [-0.3, -0.25) is 9.59 Å². The normalized spacial score (nSPS) is 18.3. The van der Waals surface area contributed by atoms with E-state index in [0.29, 0.717) is 39.0 Å². The summed E-state index contributed by atoms with van der Waals surface area (Å²) >= 11 is 0. The van der Waals surface area contributed by atoms with Crippen molar-refractivity contribution in [1.29, 1.82) is 0 Å². The van der Waals surface area contributed by atoms with Crippen LogP contribution < -0.4 is 5.73 Å². The van der Waals surface area contributed by atoms with Crippen LogP contribution in [0.1, 0.15) is 90.9 Å². The van der Waals surface area contributed by atoms with E-state index in [2.05, 4.69) is 0 Å². The standard InChI is InChI=1S/C22H41NO5/c1-3-27-20(24)15-11-6-5-10-14-19(21(25)28-4-2)22(26,16-17-23)18-12-8-7-9-13-18/h18-19,26H,3-17,23H2,1-2H3. The number of rotatable bonds is 14. The number of carbonyl (C=O) groups excluding carboxylic acids is 2. The van der Waals surface area contributed by atoms with E-state index >= 15 is 0 Å². The molecule has 6 heteroatoms. The number of nitrogens with two attached hydrogens (primary N) is 1. The van der Waals surface area contributed by atoms with E-state index in [0.717, 1.165) is 51.4 Å². The fraction of sp³-hybridized carbons (Fsp3) is 0.909. The molecule has 0 heterocycles. The quantitative estimate of drug-likeness (QED) is 0.341. The van der Waals surface area contributed by atoms with Crippen LogP contribution in [0.25, 0.3) is 0 Å². The minimum absolute atomic E-state index is 0.114. The predicted molar refractivity (Wildman–Crippen MR) is 110 cm³/mol. The Hall–Kier alpha value is -1.14. The third-order valence-electron chi connectivity index (χ3n) is 5.96. The van der Waals surface area contributed by atoms with Crippen molar-refractivity contribution in [3.8, 4) is 0 Å². The van der Waals surface area contributed by atoms with Gasteiger partial charge >= 0.3 is 11.9 Å². The van der Waals surface area contributed by atoms with Crippen molar-refractivity contribution < 1.29 is 24.2 Å². The van der Waals surface area contributed by atoms with E-state index in [1.165, 1.54) is 6.42 Å². The molecule has 1 saturated carbocycles. The second-order valence-corrected chi connectivity index (χ2v) is 7.93. The van der Waals surface area contributed by atoms with Crippen LogP contribution in [-0.2, 0) is 19.1 Å². The van der Waals surface area contributed by atoms with E-state index < -0.39 is 11.5 Å². The molecule has 0 amide bonds. The van der Waals surface area contributed by atoms with Gasteiger partial charge in [0.25, 0.3) is 0 Å². The van der Waals surface area contributed by atoms with E-state index in [4.69, 9.17) is 15.2 Å². The smallest absolute Gasteiger partial charge is 0.311 e. The first-order valence-electron chi connectivity index (χ1n) is 11.2. The molecule has 164 valence electrons. The number of hydrogen-bond donors (Lipinski definition) is 2. The maximum absolute atomic E-state index is 12.7. The van der Waals surface area contributed by atoms with Crippen LogP contribution in [0.5, 0.6) is 0 Å². The number of hydrogen-bond acceptors (Lipinski definition) is 6. The average molecular weight is 400 g/mol. The number of ether oxygens (including phenoxy) is 2. The molecule has 0 bridgehead atoms. The van der Waals surface area contributed by atoms with Crippen molar-refractivity contribution in [3.63, 3.8) is 0 Å². The van der Waals surface area contributed by atoms with E-state index in [1.54, 1.807) is 6.92 Å². The Morgan fingerprint density at radius 3 is 2.29 bits per heavy atom. The van der Waals surface area contributed by atoms with E-state index in [9.17, 15) is 14.7 Å². The molecule has 2 unspecified atom stereocenters. The molecule has 1 fully saturated rings. The van der Waals surface area contributed by atoms with Crippen molar-refractivity contribution in [2.75, 3.05) is 19.8 Å². The van der Waals surface area contributed by atoms with Crippen molar-refractivity contribution in [2.24, 2.45) is 17.6 Å². The van der Waals surface area contributed by atoms with E-state index in [1.807, 2.05) is 6.92 Å². The lowest BCUT2D eigenvalue weighted by Gasteiger charge is -2.43. The van der Waals surface area contributed by atoms with Crippen LogP contribution in [0, 0.1) is 11.8 Å². The maximum atomic E-state index is 12.7. The highest BCUT2D eigenvalue weighted by atomic mass is 16.5. The topological polar surface area (TPSA) is 98.9 Å². The van der Waals surface area contributed by atoms with Gasteiger partial charge in [-0.15, -0.1) is 0 Å². The van der Waals surface area contributed by atoms with Crippen LogP contribution in [-0.4, -0.2) is 42.4 Å². The third kappa shape index (κ3) is 8.08. The first-order valence-corrected chi connectivity index (χ1v) is 11.2. The molecular formula is C22H41NO5. The maximum Gasteiger partial charge on any atom is 0.311 e. The Balaban J connectivity index is 2.64. The fourth-order valence-corrected chi connectivity index (χ4v) is 4.52. The summed E-state index contributed by atoms with van der Waals surface area (Å²) < 4.78 is 10.3. The van der Waals surface area contributed by atoms with Crippen LogP contribution in [0.2, 0.25) is 0 Å². The second kappa shape index (κ2) is 13.9. The number of unbranched alkanes of at least 4 members (excludes halogenated alkanes) is 3. The second-order valence-electron chi connectivity index (χ2n) is 7.93. The van der Waals surface area contributed by atoms with Gasteiger partial charge < -0.3 is 20.3 Å². The van der Waals surface area contributed by atoms with Gasteiger partial charge in [0.2, 0.25) is 0 Å². The monoisotopic (exact) mass is 399 g/mol. The van der Waals surface area contributed by atoms with Crippen molar-refractivity contribution >= 4 is 11.9 Å². The summed E-state index contributed by atoms with van der Waals surface area (Å²) in [5.74, 6) is -0.857. The van der Waals surface area contributed by atoms with E-state index in [-0.39, 0.29) is 17.9 Å². The van der Waals surface area contributed by atoms with Crippen molar-refractivity contribution in [3.05, 3.63) is 0 Å². The van der Waals surface area contributed by atoms with Gasteiger partial charge in [0, 0.05) is 6.42 Å². The zero-order valence-corrected chi connectivity index (χ0v) is 17.9. The van der Waals surface area contributed by atoms with Gasteiger partial charge in [-0.2, -0.15) is 0 Å². The summed E-state index contributed by atoms with van der Waals surface area (Å²) in [5.41, 5.74) is 4.75. The summed E-state index contributed by atoms with van der Waals surface area (Å²) in [6.07, 6.45) is 10.2. The van der Waals surface area contributed by atoms with Gasteiger partial charge in [0.05, 0.1) is 24.7 Å². The van der Waals surface area contributed by atoms with Crippen LogP contribution in [0.15, 0.2) is 0 Å². The minimum Gasteiger partial charge on any atom is -0.466 e. The lowest BCUT2D eigenvalue weighted by Crippen LogP contribution is -2.51. The van der Waals surface area contributed by atoms with Crippen molar-refractivity contribution in [1.82, 2.24) is 0 Å². The Morgan fingerprint density at radius 1 is 1.04 bits per heavy atom. The highest BCUT2D eigenvalue weighted by molar-refractivity contribution is 5.74. The van der Waals surface area contributed by atoms with Gasteiger partial charge in [0.1, 0.15) is 0 Å². The number of esters is 2. The third-order valence-corrected chi connectivity index (χ3v) is 5.96. The molecule has 28 heavy (non-hydrogen) atoms. The van der Waals surface area contributed by atoms with Crippen LogP contribution in [0.4, 0.5) is 0 Å². The van der Waals surface area contributed by atoms with Gasteiger partial charge in [-0.05, 0) is 58.4 Å². The Labute approximate surface area is 170 Å². The molecule has 1 rings (SSSR count). The molecule has 0 aromatic heterocycles. The molecular weight excluding hydrogens is 358 g/mol. The molecule has 0 aliphatic heterocycles. The van der Waals surface area contributed by atoms with Gasteiger partial charge in [-0.25, -0.2) is 0 Å². The van der Waals surface area contributed by atoms with Crippen LogP contribution in [0.3, 0.4) is 0 Å². The number of carbonyl (C=O) groups is 2. The summed E-state index contributed by atoms with van der Waals surface area (Å²) in [4.78, 5) is 24.1. The fourth-order valence-electron chi connectivity index (χ4n) is 4.52.